The molecule has 0 aliphatic carbocycles. The van der Waals surface area contributed by atoms with Gasteiger partial charge in [-0.3, -0.25) is 43.2 Å². The molecule has 5 aromatic carbocycles. The van der Waals surface area contributed by atoms with Gasteiger partial charge in [0.05, 0.1) is 12.5 Å². The van der Waals surface area contributed by atoms with Gasteiger partial charge in [-0.2, -0.15) is 0 Å². The van der Waals surface area contributed by atoms with Crippen LogP contribution in [0.5, 0.6) is 0 Å². The lowest BCUT2D eigenvalue weighted by Crippen LogP contribution is -2.59. The van der Waals surface area contributed by atoms with Gasteiger partial charge < -0.3 is 81.4 Å². The van der Waals surface area contributed by atoms with Gasteiger partial charge in [0, 0.05) is 69.1 Å². The Hall–Kier alpha value is -11.6. The van der Waals surface area contributed by atoms with Gasteiger partial charge in [0.15, 0.2) is 0 Å². The zero-order valence-electron chi connectivity index (χ0n) is 63.4. The number of benzene rings is 5. The number of likely N-dealkylation sites (N-methyl/N-ethyl adjacent to an activating group) is 1. The summed E-state index contributed by atoms with van der Waals surface area (Å²) in [5, 5.41) is 28.6. The molecule has 7 atom stereocenters. The Morgan fingerprint density at radius 2 is 1.12 bits per heavy atom. The highest BCUT2D eigenvalue weighted by Crippen LogP contribution is 2.41. The molecule has 0 radical (unpaired) electrons. The number of halogens is 2. The Balaban J connectivity index is 1.24. The first kappa shape index (κ1) is 87.4. The molecule has 0 aliphatic heterocycles. The minimum atomic E-state index is -1.88. The number of aromatic nitrogens is 1. The molecule has 0 unspecified atom stereocenters. The number of carbonyl (C=O) groups is 12. The highest BCUT2D eigenvalue weighted by Gasteiger charge is 2.40. The van der Waals surface area contributed by atoms with E-state index in [1.54, 1.807) is 168 Å². The minimum absolute atomic E-state index is 0.0127. The number of alkyl carbamates (subject to hydrolysis) is 2. The van der Waals surface area contributed by atoms with E-state index in [0.717, 1.165) is 28.7 Å². The summed E-state index contributed by atoms with van der Waals surface area (Å²) in [5.41, 5.74) is 7.23. The Morgan fingerprint density at radius 3 is 1.69 bits per heavy atom. The van der Waals surface area contributed by atoms with Crippen LogP contribution in [0.25, 0.3) is 11.1 Å². The number of aliphatic hydroxyl groups is 1. The highest BCUT2D eigenvalue weighted by atomic mass is 19.1. The van der Waals surface area contributed by atoms with Gasteiger partial charge in [-0.1, -0.05) is 142 Å². The summed E-state index contributed by atoms with van der Waals surface area (Å²) in [4.78, 5) is 167. The molecule has 0 fully saturated rings. The predicted octanol–water partition coefficient (Wildman–Crippen LogP) is 7.22. The molecular weight excluding hydrogens is 1420 g/mol. The van der Waals surface area contributed by atoms with Crippen LogP contribution in [0.1, 0.15) is 141 Å². The van der Waals surface area contributed by atoms with Crippen molar-refractivity contribution in [1.29, 1.82) is 0 Å². The summed E-state index contributed by atoms with van der Waals surface area (Å²) >= 11 is 0. The third kappa shape index (κ3) is 29.2. The number of hydrogen-bond donors (Lipinski definition) is 9. The number of nitrogens with two attached hydrogens (primary N) is 1. The Kier molecular flexibility index (Phi) is 34.0. The molecule has 0 saturated heterocycles. The summed E-state index contributed by atoms with van der Waals surface area (Å²) in [6.07, 6.45) is -1.87. The number of nitrogens with zero attached hydrogens (tertiary/aromatic N) is 3. The molecule has 0 bridgehead atoms. The normalized spacial score (nSPS) is 13.2. The van der Waals surface area contributed by atoms with E-state index in [1.807, 2.05) is 12.1 Å². The van der Waals surface area contributed by atoms with Crippen LogP contribution in [0.3, 0.4) is 0 Å². The second kappa shape index (κ2) is 42.8. The van der Waals surface area contributed by atoms with Gasteiger partial charge >= 0.3 is 24.1 Å². The zero-order chi connectivity index (χ0) is 80.7. The Bertz CT molecular complexity index is 4080. The molecule has 1 heterocycles. The second-order valence-corrected chi connectivity index (χ2v) is 28.5. The lowest BCUT2D eigenvalue weighted by molar-refractivity contribution is -0.150. The van der Waals surface area contributed by atoms with E-state index in [2.05, 4.69) is 37.2 Å². The molecule has 6 rings (SSSR count). The van der Waals surface area contributed by atoms with Crippen LogP contribution in [0.15, 0.2) is 152 Å². The van der Waals surface area contributed by atoms with Crippen LogP contribution in [0, 0.1) is 17.0 Å². The number of rotatable bonds is 40. The SMILES string of the molecule is C[C@H](NC(=O)[C@H](CCCCNC(=O)OC(C)(C)C)NC(=O)OCc1ccccc1)C(=O)N(C)[C@@H](C)C(=O)N[C@@H](CC(N)=O)C(=O)N[C@@H](CCN(C(=O)CO)[C@@H](c1cc(-c2cc(F)ccc2F)cn1Cc1ccccc1)C(C)(C)C)C(=O)NCCC(=O)N[C@H](CCC(=O)OCc1ccccc1)C(=O)OCc1ccccc1. The number of unbranched alkanes of at least 4 members (excludes halogenated alkanes) is 1. The molecule has 28 nitrogen and oxygen atoms in total. The van der Waals surface area contributed by atoms with E-state index >= 15 is 4.39 Å². The van der Waals surface area contributed by atoms with Gasteiger partial charge in [-0.15, -0.1) is 0 Å². The lowest BCUT2D eigenvalue weighted by Gasteiger charge is -2.41. The third-order valence-corrected chi connectivity index (χ3v) is 17.4. The molecule has 0 saturated carbocycles. The average molecular weight is 1530 g/mol. The first-order valence-corrected chi connectivity index (χ1v) is 36.2. The molecule has 6 aromatic rings. The molecular formula is C80H101F2N11O17. The molecule has 0 spiro atoms. The number of primary amides is 1. The maximum atomic E-state index is 15.7. The summed E-state index contributed by atoms with van der Waals surface area (Å²) in [7, 11) is 1.22. The lowest BCUT2D eigenvalue weighted by atomic mass is 9.82. The summed E-state index contributed by atoms with van der Waals surface area (Å²) < 4.78 is 53.9. The summed E-state index contributed by atoms with van der Waals surface area (Å²) in [5.74, 6) is -10.7. The van der Waals surface area contributed by atoms with E-state index in [4.69, 9.17) is 24.7 Å². The van der Waals surface area contributed by atoms with Crippen molar-refractivity contribution in [1.82, 2.24) is 51.6 Å². The monoisotopic (exact) mass is 1530 g/mol. The first-order chi connectivity index (χ1) is 52.2. The van der Waals surface area contributed by atoms with Gasteiger partial charge in [0.2, 0.25) is 47.3 Å². The number of carbonyl (C=O) groups excluding carboxylic acids is 12. The van der Waals surface area contributed by atoms with E-state index < -0.39 is 175 Å². The summed E-state index contributed by atoms with van der Waals surface area (Å²) in [6, 6.07) is 29.7. The zero-order valence-corrected chi connectivity index (χ0v) is 63.4. The van der Waals surface area contributed by atoms with E-state index in [-0.39, 0.29) is 69.7 Å². The number of amides is 10. The number of aliphatic hydroxyl groups excluding tert-OH is 1. The quantitative estimate of drug-likeness (QED) is 0.0104. The first-order valence-electron chi connectivity index (χ1n) is 36.2. The van der Waals surface area contributed by atoms with Gasteiger partial charge in [-0.05, 0) is 119 Å². The number of nitrogens with one attached hydrogen (secondary N) is 7. The van der Waals surface area contributed by atoms with E-state index in [0.29, 0.717) is 28.8 Å². The van der Waals surface area contributed by atoms with Crippen LogP contribution < -0.4 is 43.0 Å². The number of esters is 2. The van der Waals surface area contributed by atoms with Crippen molar-refractivity contribution in [2.45, 2.75) is 181 Å². The molecule has 1 aromatic heterocycles. The van der Waals surface area contributed by atoms with E-state index in [1.165, 1.54) is 25.8 Å². The van der Waals surface area contributed by atoms with Gasteiger partial charge in [0.25, 0.3) is 0 Å². The van der Waals surface area contributed by atoms with Crippen LogP contribution in [0.4, 0.5) is 18.4 Å². The smallest absolute Gasteiger partial charge is 0.408 e. The van der Waals surface area contributed by atoms with Crippen molar-refractivity contribution in [3.8, 4) is 11.1 Å². The van der Waals surface area contributed by atoms with Crippen molar-refractivity contribution in [2.24, 2.45) is 11.1 Å². The number of ether oxygens (including phenoxy) is 4. The topological polar surface area (TPSA) is 384 Å². The minimum Gasteiger partial charge on any atom is -0.461 e. The van der Waals surface area contributed by atoms with Gasteiger partial charge in [-0.25, -0.2) is 23.2 Å². The number of hydrogen-bond acceptors (Lipinski definition) is 17. The molecule has 110 heavy (non-hydrogen) atoms. The second-order valence-electron chi connectivity index (χ2n) is 28.5. The fraction of sp³-hybridized carbons (Fsp3) is 0.425. The van der Waals surface area contributed by atoms with Crippen LogP contribution in [-0.2, 0) is 93.3 Å². The van der Waals surface area contributed by atoms with Crippen molar-refractivity contribution in [2.75, 3.05) is 33.3 Å². The highest BCUT2D eigenvalue weighted by molar-refractivity contribution is 5.97. The fourth-order valence-corrected chi connectivity index (χ4v) is 11.7. The van der Waals surface area contributed by atoms with Crippen molar-refractivity contribution >= 4 is 71.4 Å². The van der Waals surface area contributed by atoms with Crippen LogP contribution in [-0.4, -0.2) is 166 Å². The Morgan fingerprint density at radius 1 is 0.564 bits per heavy atom. The molecule has 10 N–H and O–H groups in total. The Labute approximate surface area is 638 Å². The van der Waals surface area contributed by atoms with E-state index in [9.17, 15) is 67.0 Å². The largest absolute Gasteiger partial charge is 0.461 e. The predicted molar refractivity (Wildman–Crippen MR) is 401 cm³/mol. The maximum Gasteiger partial charge on any atom is 0.408 e. The van der Waals surface area contributed by atoms with Crippen LogP contribution >= 0.6 is 0 Å². The van der Waals surface area contributed by atoms with Crippen molar-refractivity contribution < 1.29 is 90.4 Å². The van der Waals surface area contributed by atoms with Crippen molar-refractivity contribution in [3.05, 3.63) is 191 Å². The standard InChI is InChI=1S/C80H101F2N11O17/c1-51(86-73(101)61(32-22-23-39-85-77(105)110-80(6,7)8)90-78(106)109-50-56-30-20-13-21-31-56)75(103)91(9)52(2)71(99)89-64(44-66(83)95)74(102)88-62(72(100)84-40-37-67(96)87-63(76(104)108-49-55-28-18-12-19-29-55)35-36-69(98)107-48-54-26-16-11-17-27-54)38-41-93(68(97)47-94)70(79(3,4)5)65-42-57(59-43-58(81)33-34-60(59)82)46-92(65)45-53-24-14-10-15-25-53/h10-21,24-31,33-34,42-43,46,51-52,61-64,70,94H,22-23,32,35-41,44-45,47-50H2,1-9H3,(H2,83,95)(H,84,100)(H,85,105)(H,86,101)(H,87,96)(H,88,102)(H,89,99)(H,90,106)/t51-,52-,61-,62-,63+,64-,70-/m0/s1. The molecule has 30 heteroatoms. The maximum absolute atomic E-state index is 15.7. The van der Waals surface area contributed by atoms with Crippen molar-refractivity contribution in [3.63, 3.8) is 0 Å². The fourth-order valence-electron chi connectivity index (χ4n) is 11.7. The summed E-state index contributed by atoms with van der Waals surface area (Å²) in [6.45, 7) is 11.0. The third-order valence-electron chi connectivity index (χ3n) is 17.4. The molecule has 10 amide bonds. The average Bonchev–Trinajstić information content (AvgIpc) is 1.59. The molecule has 592 valence electrons. The molecule has 0 aliphatic rings. The van der Waals surface area contributed by atoms with Gasteiger partial charge in [0.1, 0.15) is 79.9 Å². The van der Waals surface area contributed by atoms with Crippen LogP contribution in [0.2, 0.25) is 0 Å².